The van der Waals surface area contributed by atoms with Gasteiger partial charge in [0, 0.05) is 0 Å². The Labute approximate surface area is 124 Å². The van der Waals surface area contributed by atoms with E-state index in [1.807, 2.05) is 0 Å². The van der Waals surface area contributed by atoms with Crippen molar-refractivity contribution in [1.29, 1.82) is 0 Å². The molecule has 8 nitrogen and oxygen atoms in total. The van der Waals surface area contributed by atoms with E-state index in [4.69, 9.17) is 20.3 Å². The molecule has 0 unspecified atom stereocenters. The number of carbonyl (C=O) groups excluding carboxylic acids is 2. The Hall–Kier alpha value is -1.83. The van der Waals surface area contributed by atoms with Gasteiger partial charge in [-0.3, -0.25) is 4.79 Å². The zero-order valence-electron chi connectivity index (χ0n) is 13.6. The third-order valence-electron chi connectivity index (χ3n) is 1.34. The largest absolute Gasteiger partial charge is 0.519 e. The summed E-state index contributed by atoms with van der Waals surface area (Å²) < 4.78 is 13.8. The van der Waals surface area contributed by atoms with Gasteiger partial charge in [0.05, 0.1) is 0 Å². The van der Waals surface area contributed by atoms with Crippen LogP contribution in [0.5, 0.6) is 0 Å². The maximum atomic E-state index is 11.0. The van der Waals surface area contributed by atoms with Gasteiger partial charge in [0.25, 0.3) is 0 Å². The number of carboxylic acid groups (broad SMARTS) is 1. The summed E-state index contributed by atoms with van der Waals surface area (Å²) in [5.74, 6) is -0.963. The van der Waals surface area contributed by atoms with Crippen LogP contribution in [0.2, 0.25) is 0 Å². The molecule has 0 heterocycles. The van der Waals surface area contributed by atoms with E-state index >= 15 is 0 Å². The van der Waals surface area contributed by atoms with E-state index in [9.17, 15) is 14.4 Å². The van der Waals surface area contributed by atoms with Crippen LogP contribution in [0.4, 0.5) is 9.59 Å². The highest BCUT2D eigenvalue weighted by atomic mass is 16.8. The average molecular weight is 307 g/mol. The van der Waals surface area contributed by atoms with Gasteiger partial charge in [-0.1, -0.05) is 0 Å². The summed E-state index contributed by atoms with van der Waals surface area (Å²) in [5.41, 5.74) is 3.44. The number of ether oxygens (including phenoxy) is 3. The Balaban J connectivity index is 0. The first-order valence-electron chi connectivity index (χ1n) is 6.26. The fraction of sp³-hybridized carbons (Fsp3) is 0.769. The zero-order valence-corrected chi connectivity index (χ0v) is 13.6. The molecule has 124 valence electrons. The topological polar surface area (TPSA) is 125 Å². The first-order valence-corrected chi connectivity index (χ1v) is 6.26. The van der Waals surface area contributed by atoms with Gasteiger partial charge in [-0.25, -0.2) is 9.59 Å². The van der Waals surface area contributed by atoms with Crippen LogP contribution < -0.4 is 5.73 Å². The van der Waals surface area contributed by atoms with E-state index in [0.29, 0.717) is 0 Å². The minimum atomic E-state index is -1.06. The lowest BCUT2D eigenvalue weighted by Crippen LogP contribution is -2.29. The first kappa shape index (κ1) is 21.5. The van der Waals surface area contributed by atoms with Crippen LogP contribution in [-0.2, 0) is 19.0 Å². The quantitative estimate of drug-likeness (QED) is 0.558. The summed E-state index contributed by atoms with van der Waals surface area (Å²) in [6, 6.07) is -0.731. The Morgan fingerprint density at radius 1 is 0.905 bits per heavy atom. The van der Waals surface area contributed by atoms with E-state index in [1.165, 1.54) is 6.92 Å². The van der Waals surface area contributed by atoms with E-state index in [-0.39, 0.29) is 0 Å². The van der Waals surface area contributed by atoms with Crippen molar-refractivity contribution in [3.8, 4) is 0 Å². The second kappa shape index (κ2) is 8.46. The normalized spacial score (nSPS) is 12.4. The lowest BCUT2D eigenvalue weighted by Gasteiger charge is -2.20. The Morgan fingerprint density at radius 2 is 1.14 bits per heavy atom. The van der Waals surface area contributed by atoms with Crippen molar-refractivity contribution in [1.82, 2.24) is 0 Å². The molecular weight excluding hydrogens is 282 g/mol. The van der Waals surface area contributed by atoms with Gasteiger partial charge in [0.15, 0.2) is 0 Å². The molecule has 0 rings (SSSR count). The number of nitrogens with two attached hydrogens (primary N) is 1. The minimum absolute atomic E-state index is 0.695. The standard InChI is InChI=1S/C10H18O5.C3H7NO2/c1-9(2,3)14-7(11)13-8(12)15-10(4,5)6;1-2(4)3(5)6/h1-6H3;2H,4H2,1H3,(H,5,6)/t;2-/m.0/s1. The molecule has 0 radical (unpaired) electrons. The molecule has 0 saturated heterocycles. The van der Waals surface area contributed by atoms with Crippen molar-refractivity contribution in [2.24, 2.45) is 5.73 Å². The van der Waals surface area contributed by atoms with Gasteiger partial charge < -0.3 is 25.1 Å². The number of hydrogen-bond donors (Lipinski definition) is 2. The third kappa shape index (κ3) is 18.2. The molecule has 0 aliphatic heterocycles. The Bertz CT molecular complexity index is 338. The van der Waals surface area contributed by atoms with Crippen LogP contribution in [0.1, 0.15) is 48.5 Å². The minimum Gasteiger partial charge on any atom is -0.480 e. The highest BCUT2D eigenvalue weighted by molar-refractivity contribution is 5.77. The molecule has 0 aliphatic carbocycles. The lowest BCUT2D eigenvalue weighted by atomic mass is 10.2. The molecule has 0 aromatic carbocycles. The summed E-state index contributed by atoms with van der Waals surface area (Å²) in [6.45, 7) is 11.4. The molecule has 0 saturated carbocycles. The van der Waals surface area contributed by atoms with Crippen LogP contribution in [0.3, 0.4) is 0 Å². The van der Waals surface area contributed by atoms with Crippen LogP contribution in [0.15, 0.2) is 0 Å². The second-order valence-electron chi connectivity index (χ2n) is 6.16. The predicted octanol–water partition coefficient (Wildman–Crippen LogP) is 2.29. The number of carbonyl (C=O) groups is 3. The van der Waals surface area contributed by atoms with Gasteiger partial charge in [-0.05, 0) is 48.5 Å². The summed E-state index contributed by atoms with van der Waals surface area (Å²) in [6.07, 6.45) is -2.12. The molecule has 0 bridgehead atoms. The molecule has 0 amide bonds. The molecular formula is C13H25NO7. The van der Waals surface area contributed by atoms with Gasteiger partial charge in [0.2, 0.25) is 0 Å². The van der Waals surface area contributed by atoms with Crippen LogP contribution in [0, 0.1) is 0 Å². The number of hydrogen-bond acceptors (Lipinski definition) is 7. The molecule has 0 spiro atoms. The smallest absolute Gasteiger partial charge is 0.480 e. The van der Waals surface area contributed by atoms with Crippen LogP contribution >= 0.6 is 0 Å². The molecule has 0 aromatic rings. The van der Waals surface area contributed by atoms with Gasteiger partial charge in [0.1, 0.15) is 17.2 Å². The van der Waals surface area contributed by atoms with Gasteiger partial charge >= 0.3 is 18.3 Å². The van der Waals surface area contributed by atoms with Gasteiger partial charge in [-0.15, -0.1) is 0 Å². The average Bonchev–Trinajstić information content (AvgIpc) is 2.10. The SMILES string of the molecule is CC(C)(C)OC(=O)OC(=O)OC(C)(C)C.C[C@H](N)C(=O)O. The summed E-state index contributed by atoms with van der Waals surface area (Å²) in [4.78, 5) is 31.6. The maximum absolute atomic E-state index is 11.0. The number of rotatable bonds is 1. The predicted molar refractivity (Wildman–Crippen MR) is 74.8 cm³/mol. The Morgan fingerprint density at radius 3 is 1.29 bits per heavy atom. The van der Waals surface area contributed by atoms with Crippen LogP contribution in [-0.4, -0.2) is 40.6 Å². The molecule has 8 heteroatoms. The molecule has 21 heavy (non-hydrogen) atoms. The highest BCUT2D eigenvalue weighted by Gasteiger charge is 2.24. The molecule has 0 aromatic heterocycles. The first-order chi connectivity index (χ1) is 9.14. The second-order valence-corrected chi connectivity index (χ2v) is 6.16. The fourth-order valence-corrected chi connectivity index (χ4v) is 0.610. The van der Waals surface area contributed by atoms with Crippen molar-refractivity contribution < 1.29 is 33.7 Å². The number of aliphatic carboxylic acids is 1. The third-order valence-corrected chi connectivity index (χ3v) is 1.34. The van der Waals surface area contributed by atoms with E-state index in [0.717, 1.165) is 0 Å². The van der Waals surface area contributed by atoms with Crippen LogP contribution in [0.25, 0.3) is 0 Å². The molecule has 3 N–H and O–H groups in total. The fourth-order valence-electron chi connectivity index (χ4n) is 0.610. The highest BCUT2D eigenvalue weighted by Crippen LogP contribution is 2.11. The van der Waals surface area contributed by atoms with Crippen molar-refractivity contribution in [3.63, 3.8) is 0 Å². The van der Waals surface area contributed by atoms with Gasteiger partial charge in [-0.2, -0.15) is 0 Å². The molecule has 0 aliphatic rings. The van der Waals surface area contributed by atoms with Crippen molar-refractivity contribution >= 4 is 18.3 Å². The summed E-state index contributed by atoms with van der Waals surface area (Å²) in [5, 5.41) is 7.87. The van der Waals surface area contributed by atoms with E-state index < -0.39 is 35.5 Å². The van der Waals surface area contributed by atoms with E-state index in [1.54, 1.807) is 41.5 Å². The van der Waals surface area contributed by atoms with E-state index in [2.05, 4.69) is 4.74 Å². The summed E-state index contributed by atoms with van der Waals surface area (Å²) >= 11 is 0. The van der Waals surface area contributed by atoms with Crippen molar-refractivity contribution in [2.75, 3.05) is 0 Å². The molecule has 1 atom stereocenters. The number of carboxylic acids is 1. The van der Waals surface area contributed by atoms with Crippen molar-refractivity contribution in [3.05, 3.63) is 0 Å². The zero-order chi connectivity index (χ0) is 17.4. The Kier molecular flexibility index (Phi) is 8.64. The lowest BCUT2D eigenvalue weighted by molar-refractivity contribution is -0.138. The maximum Gasteiger partial charge on any atom is 0.519 e. The molecule has 0 fully saturated rings. The summed E-state index contributed by atoms with van der Waals surface area (Å²) in [7, 11) is 0. The van der Waals surface area contributed by atoms with Crippen molar-refractivity contribution in [2.45, 2.75) is 65.7 Å². The monoisotopic (exact) mass is 307 g/mol.